The van der Waals surface area contributed by atoms with E-state index < -0.39 is 10.0 Å². The average molecular weight is 683 g/mol. The molecule has 0 bridgehead atoms. The number of carbonyl (C=O) groups is 2. The van der Waals surface area contributed by atoms with Gasteiger partial charge in [0, 0.05) is 87.9 Å². The summed E-state index contributed by atoms with van der Waals surface area (Å²) in [5.41, 5.74) is 1.66. The molecule has 262 valence electrons. The summed E-state index contributed by atoms with van der Waals surface area (Å²) in [5.74, 6) is 0.426. The lowest BCUT2D eigenvalue weighted by atomic mass is 9.84. The average Bonchev–Trinajstić information content (AvgIpc) is 4.02. The van der Waals surface area contributed by atoms with Crippen LogP contribution in [0.1, 0.15) is 60.0 Å². The third-order valence-electron chi connectivity index (χ3n) is 10.5. The highest BCUT2D eigenvalue weighted by molar-refractivity contribution is 7.89. The highest BCUT2D eigenvalue weighted by Crippen LogP contribution is 2.36. The Morgan fingerprint density at radius 3 is 2.21 bits per heavy atom. The lowest BCUT2D eigenvalue weighted by Crippen LogP contribution is -2.65. The molecule has 2 aliphatic heterocycles. The van der Waals surface area contributed by atoms with Gasteiger partial charge in [-0.3, -0.25) is 24.4 Å². The van der Waals surface area contributed by atoms with Crippen LogP contribution in [0.15, 0.2) is 41.6 Å². The number of likely N-dealkylation sites (tertiary alicyclic amines) is 1. The molecule has 12 nitrogen and oxygen atoms in total. The van der Waals surface area contributed by atoms with Gasteiger partial charge in [-0.05, 0) is 87.8 Å². The number of benzene rings is 1. The van der Waals surface area contributed by atoms with Gasteiger partial charge >= 0.3 is 0 Å². The zero-order valence-electron chi connectivity index (χ0n) is 28.5. The maximum atomic E-state index is 13.8. The van der Waals surface area contributed by atoms with Crippen molar-refractivity contribution in [2.75, 3.05) is 72.7 Å². The van der Waals surface area contributed by atoms with E-state index in [0.717, 1.165) is 57.9 Å². The number of aromatic nitrogens is 1. The van der Waals surface area contributed by atoms with Gasteiger partial charge < -0.3 is 19.7 Å². The topological polar surface area (TPSA) is 125 Å². The first kappa shape index (κ1) is 34.8. The number of hydrogen-bond acceptors (Lipinski definition) is 9. The number of piperazine rings is 1. The normalized spacial score (nSPS) is 20.5. The van der Waals surface area contributed by atoms with Crippen LogP contribution in [0.2, 0.25) is 0 Å². The molecule has 1 aromatic carbocycles. The summed E-state index contributed by atoms with van der Waals surface area (Å²) >= 11 is 0. The number of ether oxygens (including phenoxy) is 2. The van der Waals surface area contributed by atoms with E-state index in [0.29, 0.717) is 47.0 Å². The number of carbonyl (C=O) groups excluding carboxylic acids is 2. The molecule has 0 spiro atoms. The second-order valence-electron chi connectivity index (χ2n) is 13.8. The molecule has 2 aromatic rings. The standard InChI is InChI=1S/C35H50N6O6S/c1-26-22-31(46-3)23-27(2)33(26)48(44,45)41(30-6-7-30)20-21-47-24-32(42)39-14-10-35(11-15-39,25-37-34(43)28-8-12-36-13-9-28)40-18-16-38(17-19-40)29-4-5-29/h8-9,12-13,22-23,29-30H,4-7,10-11,14-21,24-25H2,1-3H3,(H,37,43). The van der Waals surface area contributed by atoms with Crippen LogP contribution in [-0.2, 0) is 19.6 Å². The summed E-state index contributed by atoms with van der Waals surface area (Å²) in [6, 6.07) is 7.63. The van der Waals surface area contributed by atoms with Gasteiger partial charge in [-0.25, -0.2) is 8.42 Å². The maximum absolute atomic E-state index is 13.8. The van der Waals surface area contributed by atoms with Crippen LogP contribution in [0.3, 0.4) is 0 Å². The number of amides is 2. The van der Waals surface area contributed by atoms with Crippen molar-refractivity contribution in [3.63, 3.8) is 0 Å². The zero-order chi connectivity index (χ0) is 33.9. The summed E-state index contributed by atoms with van der Waals surface area (Å²) in [4.78, 5) is 37.6. The second-order valence-corrected chi connectivity index (χ2v) is 15.6. The first-order chi connectivity index (χ1) is 23.1. The van der Waals surface area contributed by atoms with Gasteiger partial charge in [-0.1, -0.05) is 0 Å². The van der Waals surface area contributed by atoms with Crippen molar-refractivity contribution in [1.29, 1.82) is 0 Å². The molecule has 4 aliphatic rings. The SMILES string of the molecule is COc1cc(C)c(S(=O)(=O)N(CCOCC(=O)N2CCC(CNC(=O)c3ccncc3)(N3CCN(C4CC4)CC3)CC2)C2CC2)c(C)c1. The zero-order valence-corrected chi connectivity index (χ0v) is 29.3. The molecule has 2 aliphatic carbocycles. The number of hydrogen-bond donors (Lipinski definition) is 1. The van der Waals surface area contributed by atoms with E-state index in [1.807, 2.05) is 4.90 Å². The lowest BCUT2D eigenvalue weighted by molar-refractivity contribution is -0.139. The molecule has 4 fully saturated rings. The van der Waals surface area contributed by atoms with Gasteiger partial charge in [-0.2, -0.15) is 4.31 Å². The predicted molar refractivity (Wildman–Crippen MR) is 181 cm³/mol. The smallest absolute Gasteiger partial charge is 0.251 e. The number of rotatable bonds is 14. The van der Waals surface area contributed by atoms with Crippen molar-refractivity contribution < 1.29 is 27.5 Å². The molecule has 13 heteroatoms. The molecule has 2 saturated heterocycles. The number of aryl methyl sites for hydroxylation is 2. The van der Waals surface area contributed by atoms with Gasteiger partial charge in [0.25, 0.3) is 5.91 Å². The summed E-state index contributed by atoms with van der Waals surface area (Å²) < 4.78 is 40.2. The first-order valence-electron chi connectivity index (χ1n) is 17.3. The Kier molecular flexibility index (Phi) is 10.7. The van der Waals surface area contributed by atoms with Crippen LogP contribution in [0, 0.1) is 13.8 Å². The van der Waals surface area contributed by atoms with Gasteiger partial charge in [-0.15, -0.1) is 0 Å². The molecule has 0 radical (unpaired) electrons. The monoisotopic (exact) mass is 682 g/mol. The molecular weight excluding hydrogens is 632 g/mol. The van der Waals surface area contributed by atoms with Crippen molar-refractivity contribution in [1.82, 2.24) is 29.3 Å². The van der Waals surface area contributed by atoms with E-state index in [9.17, 15) is 18.0 Å². The van der Waals surface area contributed by atoms with E-state index in [1.165, 1.54) is 17.1 Å². The van der Waals surface area contributed by atoms with Gasteiger partial charge in [0.15, 0.2) is 0 Å². The van der Waals surface area contributed by atoms with Crippen LogP contribution < -0.4 is 10.1 Å². The number of pyridine rings is 1. The summed E-state index contributed by atoms with van der Waals surface area (Å²) in [6.45, 7) is 9.47. The second kappa shape index (κ2) is 14.8. The lowest BCUT2D eigenvalue weighted by Gasteiger charge is -2.51. The third kappa shape index (κ3) is 7.86. The molecule has 6 rings (SSSR count). The molecule has 0 unspecified atom stereocenters. The summed E-state index contributed by atoms with van der Waals surface area (Å²) in [7, 11) is -2.17. The van der Waals surface area contributed by atoms with Crippen molar-refractivity contribution >= 4 is 21.8 Å². The minimum atomic E-state index is -3.74. The number of sulfonamides is 1. The minimum absolute atomic E-state index is 0.0457. The van der Waals surface area contributed by atoms with Crippen molar-refractivity contribution in [2.45, 2.75) is 74.9 Å². The molecule has 48 heavy (non-hydrogen) atoms. The van der Waals surface area contributed by atoms with Crippen molar-refractivity contribution in [3.05, 3.63) is 53.3 Å². The Morgan fingerprint density at radius 2 is 1.62 bits per heavy atom. The van der Waals surface area contributed by atoms with Crippen LogP contribution in [0.4, 0.5) is 0 Å². The van der Waals surface area contributed by atoms with Gasteiger partial charge in [0.1, 0.15) is 12.4 Å². The molecule has 1 N–H and O–H groups in total. The fourth-order valence-corrected chi connectivity index (χ4v) is 9.53. The van der Waals surface area contributed by atoms with Crippen LogP contribution in [0.25, 0.3) is 0 Å². The van der Waals surface area contributed by atoms with Crippen LogP contribution >= 0.6 is 0 Å². The Morgan fingerprint density at radius 1 is 0.979 bits per heavy atom. The third-order valence-corrected chi connectivity index (χ3v) is 12.7. The fraction of sp³-hybridized carbons (Fsp3) is 0.629. The molecule has 1 aromatic heterocycles. The maximum Gasteiger partial charge on any atom is 0.251 e. The summed E-state index contributed by atoms with van der Waals surface area (Å²) in [5, 5.41) is 3.19. The van der Waals surface area contributed by atoms with Crippen molar-refractivity contribution in [2.24, 2.45) is 0 Å². The van der Waals surface area contributed by atoms with E-state index in [2.05, 4.69) is 20.1 Å². The highest BCUT2D eigenvalue weighted by atomic mass is 32.2. The quantitative estimate of drug-likeness (QED) is 0.300. The number of methoxy groups -OCH3 is 1. The summed E-state index contributed by atoms with van der Waals surface area (Å²) in [6.07, 6.45) is 8.99. The number of piperidine rings is 1. The molecular formula is C35H50N6O6S. The molecule has 2 saturated carbocycles. The number of nitrogens with one attached hydrogen (secondary N) is 1. The van der Waals surface area contributed by atoms with E-state index >= 15 is 0 Å². The van der Waals surface area contributed by atoms with Gasteiger partial charge in [0.2, 0.25) is 15.9 Å². The Labute approximate surface area is 284 Å². The highest BCUT2D eigenvalue weighted by Gasteiger charge is 2.44. The molecule has 2 amide bonds. The Hall–Kier alpha value is -3.10. The number of nitrogens with zero attached hydrogens (tertiary/aromatic N) is 5. The Balaban J connectivity index is 1.03. The van der Waals surface area contributed by atoms with Crippen LogP contribution in [-0.4, -0.2) is 135 Å². The molecule has 0 atom stereocenters. The first-order valence-corrected chi connectivity index (χ1v) is 18.8. The molecule has 3 heterocycles. The van der Waals surface area contributed by atoms with Crippen molar-refractivity contribution in [3.8, 4) is 5.75 Å². The Bertz CT molecular complexity index is 1530. The van der Waals surface area contributed by atoms with E-state index in [4.69, 9.17) is 9.47 Å². The van der Waals surface area contributed by atoms with E-state index in [-0.39, 0.29) is 43.2 Å². The van der Waals surface area contributed by atoms with Crippen LogP contribution in [0.5, 0.6) is 5.75 Å². The largest absolute Gasteiger partial charge is 0.497 e. The predicted octanol–water partition coefficient (Wildman–Crippen LogP) is 2.45. The fourth-order valence-electron chi connectivity index (χ4n) is 7.45. The minimum Gasteiger partial charge on any atom is -0.497 e. The van der Waals surface area contributed by atoms with E-state index in [1.54, 1.807) is 57.6 Å². The van der Waals surface area contributed by atoms with Gasteiger partial charge in [0.05, 0.1) is 18.6 Å².